The fraction of sp³-hybridized carbons (Fsp3) is 0.571. The lowest BCUT2D eigenvalue weighted by molar-refractivity contribution is 0.0608. The molecule has 2 amide bonds. The zero-order valence-corrected chi connectivity index (χ0v) is 25.2. The second-order valence-electron chi connectivity index (χ2n) is 8.58. The average Bonchev–Trinajstić information content (AvgIpc) is 2.89. The van der Waals surface area contributed by atoms with Gasteiger partial charge in [-0.3, -0.25) is 14.5 Å². The van der Waals surface area contributed by atoms with Crippen molar-refractivity contribution in [2.24, 2.45) is 0 Å². The van der Waals surface area contributed by atoms with Crippen LogP contribution in [0, 0.1) is 0 Å². The summed E-state index contributed by atoms with van der Waals surface area (Å²) in [6.07, 6.45) is 1.78. The SMILES string of the molecule is CCCCN1C(=O)c2cccc3c(N(CCSCCSCC)CCSCCSCC)ccc(c23)C1=O. The predicted molar refractivity (Wildman–Crippen MR) is 167 cm³/mol. The lowest BCUT2D eigenvalue weighted by Gasteiger charge is -2.30. The molecule has 0 bridgehead atoms. The van der Waals surface area contributed by atoms with Gasteiger partial charge in [-0.2, -0.15) is 47.0 Å². The molecule has 0 unspecified atom stereocenters. The van der Waals surface area contributed by atoms with E-state index in [4.69, 9.17) is 0 Å². The van der Waals surface area contributed by atoms with Gasteiger partial charge in [-0.05, 0) is 36.1 Å². The third-order valence-corrected chi connectivity index (χ3v) is 10.5. The third-order valence-electron chi connectivity index (χ3n) is 6.21. The van der Waals surface area contributed by atoms with E-state index in [0.717, 1.165) is 53.9 Å². The maximum absolute atomic E-state index is 13.3. The molecule has 0 radical (unpaired) electrons. The average molecular weight is 565 g/mol. The minimum atomic E-state index is -0.150. The number of amides is 2. The molecule has 0 saturated heterocycles. The lowest BCUT2D eigenvalue weighted by atomic mass is 9.92. The molecule has 4 nitrogen and oxygen atoms in total. The Hall–Kier alpha value is -0.960. The first-order valence-electron chi connectivity index (χ1n) is 13.1. The number of thioether (sulfide) groups is 4. The molecular weight excluding hydrogens is 525 g/mol. The number of hydrogen-bond acceptors (Lipinski definition) is 7. The highest BCUT2D eigenvalue weighted by Gasteiger charge is 2.33. The maximum Gasteiger partial charge on any atom is 0.261 e. The molecule has 1 aliphatic rings. The van der Waals surface area contributed by atoms with Gasteiger partial charge < -0.3 is 4.90 Å². The Balaban J connectivity index is 1.83. The van der Waals surface area contributed by atoms with Crippen LogP contribution >= 0.6 is 47.0 Å². The number of rotatable bonds is 18. The Morgan fingerprint density at radius 1 is 0.722 bits per heavy atom. The zero-order chi connectivity index (χ0) is 25.8. The van der Waals surface area contributed by atoms with E-state index >= 15 is 0 Å². The van der Waals surface area contributed by atoms with Crippen LogP contribution in [0.25, 0.3) is 10.8 Å². The summed E-state index contributed by atoms with van der Waals surface area (Å²) in [6, 6.07) is 10.0. The predicted octanol–water partition coefficient (Wildman–Crippen LogP) is 7.01. The van der Waals surface area contributed by atoms with Crippen LogP contribution in [-0.4, -0.2) is 82.4 Å². The van der Waals surface area contributed by atoms with E-state index in [1.807, 2.05) is 65.2 Å². The number of unbranched alkanes of at least 4 members (excludes halogenated alkanes) is 1. The number of imide groups is 1. The molecule has 8 heteroatoms. The number of carbonyl (C=O) groups excluding carboxylic acids is 2. The first kappa shape index (κ1) is 29.6. The highest BCUT2D eigenvalue weighted by Crippen LogP contribution is 2.36. The van der Waals surface area contributed by atoms with E-state index in [9.17, 15) is 9.59 Å². The molecule has 0 aromatic heterocycles. The van der Waals surface area contributed by atoms with Crippen LogP contribution in [-0.2, 0) is 0 Å². The smallest absolute Gasteiger partial charge is 0.261 e. The van der Waals surface area contributed by atoms with Gasteiger partial charge in [0.05, 0.1) is 0 Å². The first-order valence-corrected chi connectivity index (χ1v) is 17.7. The van der Waals surface area contributed by atoms with Gasteiger partial charge in [0.15, 0.2) is 0 Å². The first-order chi connectivity index (χ1) is 17.6. The van der Waals surface area contributed by atoms with E-state index in [1.54, 1.807) is 0 Å². The van der Waals surface area contributed by atoms with Crippen LogP contribution in [0.1, 0.15) is 54.3 Å². The normalized spacial score (nSPS) is 13.1. The molecule has 1 aliphatic heterocycles. The third kappa shape index (κ3) is 7.78. The zero-order valence-electron chi connectivity index (χ0n) is 21.9. The van der Waals surface area contributed by atoms with Gasteiger partial charge in [0, 0.05) is 81.7 Å². The molecule has 3 rings (SSSR count). The minimum absolute atomic E-state index is 0.150. The van der Waals surface area contributed by atoms with Crippen molar-refractivity contribution in [1.82, 2.24) is 4.90 Å². The van der Waals surface area contributed by atoms with E-state index in [1.165, 1.54) is 39.4 Å². The molecule has 0 atom stereocenters. The van der Waals surface area contributed by atoms with Crippen LogP contribution < -0.4 is 4.90 Å². The van der Waals surface area contributed by atoms with Crippen molar-refractivity contribution in [1.29, 1.82) is 0 Å². The Morgan fingerprint density at radius 2 is 1.31 bits per heavy atom. The Kier molecular flexibility index (Phi) is 13.2. The number of carbonyl (C=O) groups is 2. The Morgan fingerprint density at radius 3 is 1.89 bits per heavy atom. The van der Waals surface area contributed by atoms with Crippen LogP contribution in [0.2, 0.25) is 0 Å². The topological polar surface area (TPSA) is 40.6 Å². The summed E-state index contributed by atoms with van der Waals surface area (Å²) in [5, 5.41) is 1.86. The summed E-state index contributed by atoms with van der Waals surface area (Å²) in [5.74, 6) is 8.95. The van der Waals surface area contributed by atoms with Gasteiger partial charge in [-0.1, -0.05) is 39.3 Å². The summed E-state index contributed by atoms with van der Waals surface area (Å²) < 4.78 is 0. The van der Waals surface area contributed by atoms with Crippen molar-refractivity contribution in [3.05, 3.63) is 41.5 Å². The van der Waals surface area contributed by atoms with Crippen LogP contribution in [0.15, 0.2) is 30.3 Å². The van der Waals surface area contributed by atoms with Gasteiger partial charge in [0.1, 0.15) is 0 Å². The summed E-state index contributed by atoms with van der Waals surface area (Å²) in [7, 11) is 0. The second kappa shape index (κ2) is 16.1. The van der Waals surface area contributed by atoms with Crippen molar-refractivity contribution in [2.75, 3.05) is 70.6 Å². The monoisotopic (exact) mass is 564 g/mol. The van der Waals surface area contributed by atoms with Crippen LogP contribution in [0.5, 0.6) is 0 Å². The molecule has 2 aromatic rings. The number of anilines is 1. The second-order valence-corrected chi connectivity index (χ2v) is 13.8. The molecule has 1 heterocycles. The molecule has 0 saturated carbocycles. The largest absolute Gasteiger partial charge is 0.369 e. The van der Waals surface area contributed by atoms with Crippen molar-refractivity contribution >= 4 is 75.3 Å². The van der Waals surface area contributed by atoms with E-state index in [0.29, 0.717) is 17.7 Å². The standard InChI is InChI=1S/C28H40N2O2S4/c1-4-7-13-30-27(31)23-10-8-9-22-25(12-11-24(26(22)23)28(30)32)29(14-16-35-20-18-33-5-2)15-17-36-21-19-34-6-3/h8-12H,4-7,13-21H2,1-3H3. The van der Waals surface area contributed by atoms with E-state index in [2.05, 4.69) is 37.8 Å². The fourth-order valence-corrected chi connectivity index (χ4v) is 7.93. The number of hydrogen-bond donors (Lipinski definition) is 0. The molecule has 36 heavy (non-hydrogen) atoms. The van der Waals surface area contributed by atoms with Crippen molar-refractivity contribution < 1.29 is 9.59 Å². The van der Waals surface area contributed by atoms with Gasteiger partial charge in [0.25, 0.3) is 11.8 Å². The number of nitrogens with zero attached hydrogens (tertiary/aromatic N) is 2. The molecule has 0 N–H and O–H groups in total. The minimum Gasteiger partial charge on any atom is -0.369 e. The summed E-state index contributed by atoms with van der Waals surface area (Å²) in [5.41, 5.74) is 2.47. The Labute approximate surface area is 234 Å². The van der Waals surface area contributed by atoms with Gasteiger partial charge in [-0.25, -0.2) is 0 Å². The van der Waals surface area contributed by atoms with E-state index < -0.39 is 0 Å². The lowest BCUT2D eigenvalue weighted by Crippen LogP contribution is -2.41. The maximum atomic E-state index is 13.3. The molecule has 0 aliphatic carbocycles. The quantitative estimate of drug-likeness (QED) is 0.142. The van der Waals surface area contributed by atoms with Crippen molar-refractivity contribution in [3.63, 3.8) is 0 Å². The molecule has 2 aromatic carbocycles. The molecular formula is C28H40N2O2S4. The van der Waals surface area contributed by atoms with Gasteiger partial charge in [-0.15, -0.1) is 0 Å². The van der Waals surface area contributed by atoms with Gasteiger partial charge in [0.2, 0.25) is 0 Å². The summed E-state index contributed by atoms with van der Waals surface area (Å²) in [6.45, 7) is 8.92. The van der Waals surface area contributed by atoms with Crippen LogP contribution in [0.3, 0.4) is 0 Å². The molecule has 0 fully saturated rings. The van der Waals surface area contributed by atoms with E-state index in [-0.39, 0.29) is 11.8 Å². The summed E-state index contributed by atoms with van der Waals surface area (Å²) >= 11 is 8.03. The van der Waals surface area contributed by atoms with Crippen LogP contribution in [0.4, 0.5) is 5.69 Å². The fourth-order valence-electron chi connectivity index (χ4n) is 4.36. The highest BCUT2D eigenvalue weighted by atomic mass is 32.2. The molecule has 0 spiro atoms. The number of benzene rings is 2. The van der Waals surface area contributed by atoms with Crippen molar-refractivity contribution in [3.8, 4) is 0 Å². The summed E-state index contributed by atoms with van der Waals surface area (Å²) in [4.78, 5) is 30.5. The molecule has 198 valence electrons. The van der Waals surface area contributed by atoms with Crippen molar-refractivity contribution in [2.45, 2.75) is 33.6 Å². The highest BCUT2D eigenvalue weighted by molar-refractivity contribution is 8.03. The van der Waals surface area contributed by atoms with Gasteiger partial charge >= 0.3 is 0 Å². The Bertz CT molecular complexity index is 963.